The summed E-state index contributed by atoms with van der Waals surface area (Å²) in [5, 5.41) is 24.2. The number of nitro groups is 2. The molecule has 124 valence electrons. The van der Waals surface area contributed by atoms with E-state index in [1.165, 1.54) is 0 Å². The number of benzene rings is 2. The molecule has 0 aliphatic heterocycles. The van der Waals surface area contributed by atoms with Crippen LogP contribution in [0.2, 0.25) is 0 Å². The Morgan fingerprint density at radius 2 is 1.62 bits per heavy atom. The summed E-state index contributed by atoms with van der Waals surface area (Å²) >= 11 is 0. The first-order chi connectivity index (χ1) is 11.3. The van der Waals surface area contributed by atoms with Crippen LogP contribution in [0.15, 0.2) is 42.5 Å². The van der Waals surface area contributed by atoms with Crippen molar-refractivity contribution in [3.63, 3.8) is 0 Å². The molecule has 0 heterocycles. The maximum Gasteiger partial charge on any atom is 0.299 e. The summed E-state index contributed by atoms with van der Waals surface area (Å²) in [6.07, 6.45) is 0. The maximum absolute atomic E-state index is 12.2. The normalized spacial score (nSPS) is 10.5. The summed E-state index contributed by atoms with van der Waals surface area (Å²) in [6, 6.07) is 9.94. The summed E-state index contributed by atoms with van der Waals surface area (Å²) in [6.45, 7) is 4.05. The van der Waals surface area contributed by atoms with E-state index in [1.54, 1.807) is 12.1 Å². The average molecular weight is 329 g/mol. The predicted molar refractivity (Wildman–Crippen MR) is 88.2 cm³/mol. The summed E-state index contributed by atoms with van der Waals surface area (Å²) in [7, 11) is 0. The molecular weight excluding hydrogens is 314 g/mol. The summed E-state index contributed by atoms with van der Waals surface area (Å²) in [5.41, 5.74) is 0.362. The number of hydrogen-bond donors (Lipinski definition) is 1. The lowest BCUT2D eigenvalue weighted by atomic mass is 10.0. The number of nitrogens with zero attached hydrogens (tertiary/aromatic N) is 2. The Bertz CT molecular complexity index is 800. The number of nitrogens with one attached hydrogen (secondary N) is 1. The zero-order valence-corrected chi connectivity index (χ0v) is 13.1. The van der Waals surface area contributed by atoms with Gasteiger partial charge in [0.2, 0.25) is 0 Å². The van der Waals surface area contributed by atoms with Crippen molar-refractivity contribution < 1.29 is 14.6 Å². The molecule has 1 amide bonds. The fraction of sp³-hybridized carbons (Fsp3) is 0.188. The average Bonchev–Trinajstić information content (AvgIpc) is 2.54. The van der Waals surface area contributed by atoms with Crippen LogP contribution in [-0.4, -0.2) is 15.8 Å². The quantitative estimate of drug-likeness (QED) is 0.660. The molecule has 0 saturated heterocycles. The van der Waals surface area contributed by atoms with Crippen molar-refractivity contribution in [3.05, 3.63) is 73.8 Å². The largest absolute Gasteiger partial charge is 0.316 e. The Kier molecular flexibility index (Phi) is 4.88. The molecule has 8 nitrogen and oxygen atoms in total. The van der Waals surface area contributed by atoms with Crippen molar-refractivity contribution in [1.82, 2.24) is 0 Å². The lowest BCUT2D eigenvalue weighted by molar-refractivity contribution is -0.393. The molecule has 1 N–H and O–H groups in total. The van der Waals surface area contributed by atoms with Crippen LogP contribution in [0.5, 0.6) is 0 Å². The molecule has 0 aliphatic rings. The minimum atomic E-state index is -0.773. The highest BCUT2D eigenvalue weighted by atomic mass is 16.6. The lowest BCUT2D eigenvalue weighted by Gasteiger charge is -2.08. The molecule has 0 aromatic heterocycles. The van der Waals surface area contributed by atoms with E-state index in [0.717, 1.165) is 23.8 Å². The molecule has 0 radical (unpaired) electrons. The highest BCUT2D eigenvalue weighted by molar-refractivity contribution is 6.05. The van der Waals surface area contributed by atoms with Gasteiger partial charge < -0.3 is 5.32 Å². The number of carbonyl (C=O) groups excluding carboxylic acids is 1. The van der Waals surface area contributed by atoms with Gasteiger partial charge in [-0.15, -0.1) is 0 Å². The van der Waals surface area contributed by atoms with Crippen LogP contribution >= 0.6 is 0 Å². The standard InChI is InChI=1S/C16H15N3O5/c1-10(2)11-3-5-12(6-4-11)16(20)17-14-8-7-13(18(21)22)9-15(14)19(23)24/h3-10H,1-2H3,(H,17,20). The molecule has 0 spiro atoms. The van der Waals surface area contributed by atoms with Crippen LogP contribution in [0.1, 0.15) is 35.7 Å². The van der Waals surface area contributed by atoms with Gasteiger partial charge in [-0.25, -0.2) is 0 Å². The van der Waals surface area contributed by atoms with Gasteiger partial charge in [0.15, 0.2) is 0 Å². The van der Waals surface area contributed by atoms with Gasteiger partial charge in [-0.05, 0) is 29.7 Å². The van der Waals surface area contributed by atoms with E-state index in [9.17, 15) is 25.0 Å². The molecule has 2 aromatic carbocycles. The van der Waals surface area contributed by atoms with E-state index in [4.69, 9.17) is 0 Å². The van der Waals surface area contributed by atoms with E-state index in [0.29, 0.717) is 11.5 Å². The first-order valence-corrected chi connectivity index (χ1v) is 7.13. The second kappa shape index (κ2) is 6.86. The smallest absolute Gasteiger partial charge is 0.299 e. The van der Waals surface area contributed by atoms with Gasteiger partial charge in [0, 0.05) is 11.6 Å². The molecule has 24 heavy (non-hydrogen) atoms. The van der Waals surface area contributed by atoms with Gasteiger partial charge in [-0.3, -0.25) is 25.0 Å². The molecule has 0 aliphatic carbocycles. The lowest BCUT2D eigenvalue weighted by Crippen LogP contribution is -2.13. The Morgan fingerprint density at radius 3 is 2.12 bits per heavy atom. The van der Waals surface area contributed by atoms with Gasteiger partial charge >= 0.3 is 0 Å². The van der Waals surface area contributed by atoms with Crippen LogP contribution in [0.25, 0.3) is 0 Å². The zero-order chi connectivity index (χ0) is 17.9. The summed E-state index contributed by atoms with van der Waals surface area (Å²) in [5.74, 6) is -0.208. The number of anilines is 1. The van der Waals surface area contributed by atoms with Crippen molar-refractivity contribution in [2.75, 3.05) is 5.32 Å². The van der Waals surface area contributed by atoms with Crippen LogP contribution in [-0.2, 0) is 0 Å². The third kappa shape index (κ3) is 3.72. The van der Waals surface area contributed by atoms with Crippen molar-refractivity contribution in [2.24, 2.45) is 0 Å². The van der Waals surface area contributed by atoms with Crippen molar-refractivity contribution in [2.45, 2.75) is 19.8 Å². The van der Waals surface area contributed by atoms with E-state index >= 15 is 0 Å². The Hall–Kier alpha value is -3.29. The minimum Gasteiger partial charge on any atom is -0.316 e. The maximum atomic E-state index is 12.2. The van der Waals surface area contributed by atoms with Gasteiger partial charge in [0.05, 0.1) is 15.9 Å². The van der Waals surface area contributed by atoms with E-state index in [-0.39, 0.29) is 5.69 Å². The summed E-state index contributed by atoms with van der Waals surface area (Å²) < 4.78 is 0. The van der Waals surface area contributed by atoms with E-state index < -0.39 is 27.1 Å². The van der Waals surface area contributed by atoms with E-state index in [1.807, 2.05) is 26.0 Å². The molecule has 0 fully saturated rings. The first kappa shape index (κ1) is 17.1. The third-order valence-electron chi connectivity index (χ3n) is 3.48. The second-order valence-electron chi connectivity index (χ2n) is 5.45. The molecule has 0 saturated carbocycles. The number of nitro benzene ring substituents is 2. The van der Waals surface area contributed by atoms with E-state index in [2.05, 4.69) is 5.32 Å². The van der Waals surface area contributed by atoms with Gasteiger partial charge in [0.25, 0.3) is 17.3 Å². The Morgan fingerprint density at radius 1 is 1.00 bits per heavy atom. The zero-order valence-electron chi connectivity index (χ0n) is 13.1. The topological polar surface area (TPSA) is 115 Å². The SMILES string of the molecule is CC(C)c1ccc(C(=O)Nc2ccc([N+](=O)[O-])cc2[N+](=O)[O-])cc1. The number of carbonyl (C=O) groups is 1. The van der Waals surface area contributed by atoms with Gasteiger partial charge in [0.1, 0.15) is 5.69 Å². The van der Waals surface area contributed by atoms with Crippen molar-refractivity contribution in [1.29, 1.82) is 0 Å². The Labute approximate surface area is 137 Å². The molecule has 8 heteroatoms. The fourth-order valence-electron chi connectivity index (χ4n) is 2.10. The fourth-order valence-corrected chi connectivity index (χ4v) is 2.10. The van der Waals surface area contributed by atoms with Crippen LogP contribution in [0.4, 0.5) is 17.1 Å². The second-order valence-corrected chi connectivity index (χ2v) is 5.45. The van der Waals surface area contributed by atoms with Gasteiger partial charge in [-0.2, -0.15) is 0 Å². The number of non-ortho nitro benzene ring substituents is 1. The first-order valence-electron chi connectivity index (χ1n) is 7.13. The minimum absolute atomic E-state index is 0.0939. The monoisotopic (exact) mass is 329 g/mol. The highest BCUT2D eigenvalue weighted by Gasteiger charge is 2.21. The van der Waals surface area contributed by atoms with Gasteiger partial charge in [-0.1, -0.05) is 26.0 Å². The number of rotatable bonds is 5. The third-order valence-corrected chi connectivity index (χ3v) is 3.48. The summed E-state index contributed by atoms with van der Waals surface area (Å²) in [4.78, 5) is 32.5. The van der Waals surface area contributed by atoms with Crippen LogP contribution in [0, 0.1) is 20.2 Å². The molecular formula is C16H15N3O5. The van der Waals surface area contributed by atoms with Crippen LogP contribution < -0.4 is 5.32 Å². The molecule has 0 atom stereocenters. The molecule has 0 bridgehead atoms. The highest BCUT2D eigenvalue weighted by Crippen LogP contribution is 2.29. The number of hydrogen-bond acceptors (Lipinski definition) is 5. The molecule has 2 rings (SSSR count). The number of amides is 1. The van der Waals surface area contributed by atoms with Crippen LogP contribution in [0.3, 0.4) is 0 Å². The van der Waals surface area contributed by atoms with Crippen molar-refractivity contribution in [3.8, 4) is 0 Å². The molecule has 0 unspecified atom stereocenters. The Balaban J connectivity index is 2.28. The van der Waals surface area contributed by atoms with Crippen molar-refractivity contribution >= 4 is 23.0 Å². The molecule has 2 aromatic rings. The predicted octanol–water partition coefficient (Wildman–Crippen LogP) is 3.88.